The molecule has 0 aliphatic rings. The van der Waals surface area contributed by atoms with E-state index in [2.05, 4.69) is 0 Å². The first-order chi connectivity index (χ1) is 6.29. The van der Waals surface area contributed by atoms with Gasteiger partial charge in [-0.05, 0) is 38.0 Å². The molecule has 1 rings (SSSR count). The van der Waals surface area contributed by atoms with Crippen molar-refractivity contribution in [3.63, 3.8) is 0 Å². The van der Waals surface area contributed by atoms with Crippen molar-refractivity contribution in [3.8, 4) is 0 Å². The van der Waals surface area contributed by atoms with Crippen molar-refractivity contribution >= 4 is 23.2 Å². The smallest absolute Gasteiger partial charge is 0.142 e. The van der Waals surface area contributed by atoms with Crippen LogP contribution < -0.4 is 5.73 Å². The SMILES string of the molecule is CC(C)(N)Cc1cc(F)c(Cl)cc1Cl. The molecule has 0 atom stereocenters. The highest BCUT2D eigenvalue weighted by molar-refractivity contribution is 6.35. The molecule has 14 heavy (non-hydrogen) atoms. The van der Waals surface area contributed by atoms with Crippen LogP contribution in [-0.2, 0) is 6.42 Å². The van der Waals surface area contributed by atoms with E-state index in [0.717, 1.165) is 0 Å². The summed E-state index contributed by atoms with van der Waals surface area (Å²) in [5.74, 6) is -0.463. The average molecular weight is 236 g/mol. The van der Waals surface area contributed by atoms with E-state index in [9.17, 15) is 4.39 Å². The minimum atomic E-state index is -0.463. The van der Waals surface area contributed by atoms with E-state index in [0.29, 0.717) is 17.0 Å². The molecule has 0 amide bonds. The summed E-state index contributed by atoms with van der Waals surface area (Å²) in [4.78, 5) is 0. The third-order valence-electron chi connectivity index (χ3n) is 1.74. The first-order valence-electron chi connectivity index (χ1n) is 4.22. The minimum Gasteiger partial charge on any atom is -0.325 e. The Balaban J connectivity index is 3.04. The molecular formula is C10H12Cl2FN. The molecule has 0 aliphatic carbocycles. The fourth-order valence-electron chi connectivity index (χ4n) is 1.19. The van der Waals surface area contributed by atoms with E-state index in [1.165, 1.54) is 12.1 Å². The summed E-state index contributed by atoms with van der Waals surface area (Å²) in [6.45, 7) is 3.71. The van der Waals surface area contributed by atoms with Gasteiger partial charge in [-0.2, -0.15) is 0 Å². The van der Waals surface area contributed by atoms with E-state index < -0.39 is 11.4 Å². The van der Waals surface area contributed by atoms with Gasteiger partial charge in [-0.25, -0.2) is 4.39 Å². The predicted octanol–water partition coefficient (Wildman–Crippen LogP) is 3.41. The molecule has 0 aromatic heterocycles. The summed E-state index contributed by atoms with van der Waals surface area (Å²) >= 11 is 11.5. The van der Waals surface area contributed by atoms with E-state index >= 15 is 0 Å². The van der Waals surface area contributed by atoms with Gasteiger partial charge >= 0.3 is 0 Å². The zero-order valence-corrected chi connectivity index (χ0v) is 9.58. The first-order valence-corrected chi connectivity index (χ1v) is 4.97. The molecule has 0 unspecified atom stereocenters. The van der Waals surface area contributed by atoms with Crippen molar-refractivity contribution in [2.75, 3.05) is 0 Å². The second kappa shape index (κ2) is 4.05. The van der Waals surface area contributed by atoms with E-state index in [1.807, 2.05) is 13.8 Å². The Kier molecular flexibility index (Phi) is 3.40. The van der Waals surface area contributed by atoms with Gasteiger partial charge in [0.25, 0.3) is 0 Å². The van der Waals surface area contributed by atoms with Crippen molar-refractivity contribution in [1.82, 2.24) is 0 Å². The van der Waals surface area contributed by atoms with Gasteiger partial charge in [0, 0.05) is 10.6 Å². The molecule has 0 radical (unpaired) electrons. The molecule has 0 spiro atoms. The molecule has 0 aliphatic heterocycles. The number of hydrogen-bond donors (Lipinski definition) is 1. The van der Waals surface area contributed by atoms with Crippen molar-refractivity contribution in [2.45, 2.75) is 25.8 Å². The van der Waals surface area contributed by atoms with E-state index in [4.69, 9.17) is 28.9 Å². The van der Waals surface area contributed by atoms with Gasteiger partial charge in [-0.3, -0.25) is 0 Å². The molecule has 0 fully saturated rings. The van der Waals surface area contributed by atoms with Crippen molar-refractivity contribution in [3.05, 3.63) is 33.6 Å². The molecule has 4 heteroatoms. The fourth-order valence-corrected chi connectivity index (χ4v) is 1.64. The molecule has 1 nitrogen and oxygen atoms in total. The number of benzene rings is 1. The monoisotopic (exact) mass is 235 g/mol. The summed E-state index contributed by atoms with van der Waals surface area (Å²) in [6, 6.07) is 2.73. The van der Waals surface area contributed by atoms with E-state index in [-0.39, 0.29) is 5.02 Å². The molecule has 0 saturated heterocycles. The van der Waals surface area contributed by atoms with Crippen molar-refractivity contribution < 1.29 is 4.39 Å². The molecule has 2 N–H and O–H groups in total. The van der Waals surface area contributed by atoms with Gasteiger partial charge in [0.15, 0.2) is 0 Å². The van der Waals surface area contributed by atoms with Crippen LogP contribution in [-0.4, -0.2) is 5.54 Å². The molecule has 1 aromatic carbocycles. The van der Waals surface area contributed by atoms with Crippen LogP contribution in [0.2, 0.25) is 10.0 Å². The quantitative estimate of drug-likeness (QED) is 0.782. The zero-order chi connectivity index (χ0) is 10.9. The highest BCUT2D eigenvalue weighted by Crippen LogP contribution is 2.26. The Morgan fingerprint density at radius 1 is 1.29 bits per heavy atom. The molecule has 0 bridgehead atoms. The molecule has 1 aromatic rings. The molecule has 0 saturated carbocycles. The second-order valence-electron chi connectivity index (χ2n) is 4.02. The lowest BCUT2D eigenvalue weighted by Gasteiger charge is -2.19. The largest absolute Gasteiger partial charge is 0.325 e. The van der Waals surface area contributed by atoms with Crippen LogP contribution in [0.5, 0.6) is 0 Å². The highest BCUT2D eigenvalue weighted by Gasteiger charge is 2.15. The van der Waals surface area contributed by atoms with Gasteiger partial charge in [0.2, 0.25) is 0 Å². The Hall–Kier alpha value is -0.310. The van der Waals surface area contributed by atoms with Gasteiger partial charge in [0.1, 0.15) is 5.82 Å². The number of halogens is 3. The summed E-state index contributed by atoms with van der Waals surface area (Å²) in [7, 11) is 0. The van der Waals surface area contributed by atoms with Gasteiger partial charge < -0.3 is 5.73 Å². The normalized spacial score (nSPS) is 11.9. The maximum Gasteiger partial charge on any atom is 0.142 e. The van der Waals surface area contributed by atoms with Gasteiger partial charge in [-0.15, -0.1) is 0 Å². The van der Waals surface area contributed by atoms with Crippen LogP contribution in [0.4, 0.5) is 4.39 Å². The summed E-state index contributed by atoms with van der Waals surface area (Å²) in [5, 5.41) is 0.489. The third kappa shape index (κ3) is 3.12. The highest BCUT2D eigenvalue weighted by atomic mass is 35.5. The number of hydrogen-bond acceptors (Lipinski definition) is 1. The lowest BCUT2D eigenvalue weighted by Crippen LogP contribution is -2.34. The van der Waals surface area contributed by atoms with Crippen LogP contribution in [0.1, 0.15) is 19.4 Å². The lowest BCUT2D eigenvalue weighted by atomic mass is 9.96. The fraction of sp³-hybridized carbons (Fsp3) is 0.400. The second-order valence-corrected chi connectivity index (χ2v) is 4.84. The maximum absolute atomic E-state index is 13.1. The maximum atomic E-state index is 13.1. The number of nitrogens with two attached hydrogens (primary N) is 1. The Labute approximate surface area is 93.0 Å². The van der Waals surface area contributed by atoms with Crippen LogP contribution in [0.25, 0.3) is 0 Å². The molecule has 0 heterocycles. The van der Waals surface area contributed by atoms with Crippen LogP contribution in [0, 0.1) is 5.82 Å². The number of rotatable bonds is 2. The predicted molar refractivity (Wildman–Crippen MR) is 58.4 cm³/mol. The van der Waals surface area contributed by atoms with Crippen molar-refractivity contribution in [2.24, 2.45) is 5.73 Å². The van der Waals surface area contributed by atoms with Gasteiger partial charge in [0.05, 0.1) is 5.02 Å². The van der Waals surface area contributed by atoms with Crippen LogP contribution in [0.15, 0.2) is 12.1 Å². The van der Waals surface area contributed by atoms with Crippen LogP contribution in [0.3, 0.4) is 0 Å². The summed E-state index contributed by atoms with van der Waals surface area (Å²) in [6.07, 6.45) is 0.514. The third-order valence-corrected chi connectivity index (χ3v) is 2.38. The Morgan fingerprint density at radius 3 is 2.36 bits per heavy atom. The Morgan fingerprint density at radius 2 is 1.86 bits per heavy atom. The van der Waals surface area contributed by atoms with Crippen LogP contribution >= 0.6 is 23.2 Å². The Bertz CT molecular complexity index is 345. The standard InChI is InChI=1S/C10H12Cl2FN/c1-10(2,14)5-6-3-9(13)8(12)4-7(6)11/h3-4H,5,14H2,1-2H3. The average Bonchev–Trinajstić information content (AvgIpc) is 1.97. The van der Waals surface area contributed by atoms with Crippen molar-refractivity contribution in [1.29, 1.82) is 0 Å². The van der Waals surface area contributed by atoms with E-state index in [1.54, 1.807) is 0 Å². The summed E-state index contributed by atoms with van der Waals surface area (Å²) < 4.78 is 13.1. The van der Waals surface area contributed by atoms with Gasteiger partial charge in [-0.1, -0.05) is 23.2 Å². The minimum absolute atomic E-state index is 0.0357. The first kappa shape index (κ1) is 11.8. The topological polar surface area (TPSA) is 26.0 Å². The molecule has 78 valence electrons. The zero-order valence-electron chi connectivity index (χ0n) is 8.07. The summed E-state index contributed by atoms with van der Waals surface area (Å²) in [5.41, 5.74) is 6.08. The molecular weight excluding hydrogens is 224 g/mol. The lowest BCUT2D eigenvalue weighted by molar-refractivity contribution is 0.514.